The summed E-state index contributed by atoms with van der Waals surface area (Å²) in [6, 6.07) is 15.6. The van der Waals surface area contributed by atoms with E-state index in [0.717, 1.165) is 42.0 Å². The molecular weight excluding hydrogens is 394 g/mol. The predicted octanol–water partition coefficient (Wildman–Crippen LogP) is 2.74. The Morgan fingerprint density at radius 2 is 1.90 bits per heavy atom. The van der Waals surface area contributed by atoms with Gasteiger partial charge in [0.05, 0.1) is 20.8 Å². The van der Waals surface area contributed by atoms with E-state index in [1.54, 1.807) is 19.1 Å². The fourth-order valence-electron chi connectivity index (χ4n) is 4.08. The first kappa shape index (κ1) is 22.6. The van der Waals surface area contributed by atoms with E-state index in [-0.39, 0.29) is 24.9 Å². The number of primary amides is 1. The van der Waals surface area contributed by atoms with Crippen LogP contribution in [0.4, 0.5) is 0 Å². The van der Waals surface area contributed by atoms with Gasteiger partial charge in [-0.1, -0.05) is 30.3 Å². The second-order valence-corrected chi connectivity index (χ2v) is 7.75. The molecule has 7 heteroatoms. The first-order valence-corrected chi connectivity index (χ1v) is 10.6. The summed E-state index contributed by atoms with van der Waals surface area (Å²) in [5, 5.41) is 0. The van der Waals surface area contributed by atoms with E-state index < -0.39 is 5.91 Å². The van der Waals surface area contributed by atoms with Crippen molar-refractivity contribution in [1.82, 2.24) is 9.80 Å². The molecule has 1 aliphatic rings. The minimum atomic E-state index is -0.411. The number of methoxy groups -OCH3 is 2. The van der Waals surface area contributed by atoms with E-state index in [1.165, 1.54) is 0 Å². The Kier molecular flexibility index (Phi) is 7.89. The number of ether oxygens (including phenoxy) is 2. The van der Waals surface area contributed by atoms with Crippen molar-refractivity contribution in [2.75, 3.05) is 33.9 Å². The standard InChI is InChI=1S/C24H31N3O4/c1-30-19-10-11-22(31-2)20(15-19)21-9-6-13-26(21)17-24(29)27(14-12-23(25)28)16-18-7-4-3-5-8-18/h3-5,7-8,10-11,15,21H,6,9,12-14,16-17H2,1-2H3,(H2,25,28). The van der Waals surface area contributed by atoms with Crippen LogP contribution in [-0.2, 0) is 16.1 Å². The van der Waals surface area contributed by atoms with E-state index in [0.29, 0.717) is 13.1 Å². The van der Waals surface area contributed by atoms with Crippen molar-refractivity contribution in [1.29, 1.82) is 0 Å². The molecule has 2 aromatic rings. The summed E-state index contributed by atoms with van der Waals surface area (Å²) in [4.78, 5) is 28.5. The average Bonchev–Trinajstić information content (AvgIpc) is 3.24. The molecule has 0 radical (unpaired) electrons. The summed E-state index contributed by atoms with van der Waals surface area (Å²) >= 11 is 0. The minimum absolute atomic E-state index is 0.0149. The molecule has 31 heavy (non-hydrogen) atoms. The highest BCUT2D eigenvalue weighted by Crippen LogP contribution is 2.38. The van der Waals surface area contributed by atoms with Crippen LogP contribution in [0, 0.1) is 0 Å². The number of benzene rings is 2. The average molecular weight is 426 g/mol. The van der Waals surface area contributed by atoms with Crippen LogP contribution < -0.4 is 15.2 Å². The number of nitrogens with zero attached hydrogens (tertiary/aromatic N) is 2. The molecule has 1 aliphatic heterocycles. The zero-order valence-corrected chi connectivity index (χ0v) is 18.3. The second-order valence-electron chi connectivity index (χ2n) is 7.75. The number of likely N-dealkylation sites (tertiary alicyclic amines) is 1. The summed E-state index contributed by atoms with van der Waals surface area (Å²) in [5.41, 5.74) is 7.39. The third-order valence-corrected chi connectivity index (χ3v) is 5.69. The molecule has 1 saturated heterocycles. The van der Waals surface area contributed by atoms with Gasteiger partial charge in [0.15, 0.2) is 0 Å². The van der Waals surface area contributed by atoms with Gasteiger partial charge in [0.1, 0.15) is 11.5 Å². The first-order valence-electron chi connectivity index (χ1n) is 10.6. The molecule has 0 saturated carbocycles. The molecule has 7 nitrogen and oxygen atoms in total. The minimum Gasteiger partial charge on any atom is -0.497 e. The summed E-state index contributed by atoms with van der Waals surface area (Å²) in [7, 11) is 3.29. The van der Waals surface area contributed by atoms with E-state index in [2.05, 4.69) is 4.90 Å². The van der Waals surface area contributed by atoms with Gasteiger partial charge in [-0.2, -0.15) is 0 Å². The van der Waals surface area contributed by atoms with Gasteiger partial charge in [0.25, 0.3) is 0 Å². The molecule has 2 amide bonds. The summed E-state index contributed by atoms with van der Waals surface area (Å²) < 4.78 is 11.0. The molecule has 1 unspecified atom stereocenters. The number of hydrogen-bond acceptors (Lipinski definition) is 5. The highest BCUT2D eigenvalue weighted by atomic mass is 16.5. The van der Waals surface area contributed by atoms with Gasteiger partial charge in [-0.15, -0.1) is 0 Å². The van der Waals surface area contributed by atoms with Gasteiger partial charge in [0.2, 0.25) is 11.8 Å². The highest BCUT2D eigenvalue weighted by molar-refractivity contribution is 5.80. The topological polar surface area (TPSA) is 85.1 Å². The van der Waals surface area contributed by atoms with Crippen LogP contribution in [0.1, 0.15) is 36.4 Å². The highest BCUT2D eigenvalue weighted by Gasteiger charge is 2.31. The molecular formula is C24H31N3O4. The van der Waals surface area contributed by atoms with E-state index >= 15 is 0 Å². The maximum absolute atomic E-state index is 13.2. The fourth-order valence-corrected chi connectivity index (χ4v) is 4.08. The molecule has 2 N–H and O–H groups in total. The molecule has 2 aromatic carbocycles. The SMILES string of the molecule is COc1ccc(OC)c(C2CCCN2CC(=O)N(CCC(N)=O)Cc2ccccc2)c1. The number of nitrogens with two attached hydrogens (primary N) is 1. The van der Waals surface area contributed by atoms with Crippen molar-refractivity contribution in [2.45, 2.75) is 31.8 Å². The maximum atomic E-state index is 13.2. The van der Waals surface area contributed by atoms with Crippen LogP contribution >= 0.6 is 0 Å². The molecule has 1 atom stereocenters. The van der Waals surface area contributed by atoms with Gasteiger partial charge in [-0.3, -0.25) is 14.5 Å². The lowest BCUT2D eigenvalue weighted by Crippen LogP contribution is -2.41. The maximum Gasteiger partial charge on any atom is 0.237 e. The molecule has 0 spiro atoms. The summed E-state index contributed by atoms with van der Waals surface area (Å²) in [5.74, 6) is 1.13. The third-order valence-electron chi connectivity index (χ3n) is 5.69. The number of hydrogen-bond donors (Lipinski definition) is 1. The van der Waals surface area contributed by atoms with Crippen molar-refractivity contribution in [3.63, 3.8) is 0 Å². The zero-order valence-electron chi connectivity index (χ0n) is 18.3. The van der Waals surface area contributed by atoms with Crippen LogP contribution in [0.5, 0.6) is 11.5 Å². The monoisotopic (exact) mass is 425 g/mol. The van der Waals surface area contributed by atoms with E-state index in [4.69, 9.17) is 15.2 Å². The first-order chi connectivity index (χ1) is 15.0. The smallest absolute Gasteiger partial charge is 0.237 e. The van der Waals surface area contributed by atoms with Gasteiger partial charge in [-0.05, 0) is 43.1 Å². The lowest BCUT2D eigenvalue weighted by Gasteiger charge is -2.29. The van der Waals surface area contributed by atoms with Gasteiger partial charge < -0.3 is 20.1 Å². The number of amides is 2. The van der Waals surface area contributed by atoms with Gasteiger partial charge in [-0.25, -0.2) is 0 Å². The molecule has 0 bridgehead atoms. The lowest BCUT2D eigenvalue weighted by molar-refractivity contribution is -0.133. The fraction of sp³-hybridized carbons (Fsp3) is 0.417. The number of carbonyl (C=O) groups is 2. The van der Waals surface area contributed by atoms with E-state index in [1.807, 2.05) is 48.5 Å². The molecule has 0 aromatic heterocycles. The van der Waals surface area contributed by atoms with Gasteiger partial charge >= 0.3 is 0 Å². The Hall–Kier alpha value is -3.06. The molecule has 3 rings (SSSR count). The van der Waals surface area contributed by atoms with Crippen LogP contribution in [-0.4, -0.2) is 55.5 Å². The molecule has 166 valence electrons. The molecule has 0 aliphatic carbocycles. The van der Waals surface area contributed by atoms with Crippen molar-refractivity contribution < 1.29 is 19.1 Å². The Bertz CT molecular complexity index is 888. The predicted molar refractivity (Wildman–Crippen MR) is 119 cm³/mol. The quantitative estimate of drug-likeness (QED) is 0.633. The normalized spacial score (nSPS) is 16.1. The number of carbonyl (C=O) groups excluding carboxylic acids is 2. The van der Waals surface area contributed by atoms with E-state index in [9.17, 15) is 9.59 Å². The largest absolute Gasteiger partial charge is 0.497 e. The summed E-state index contributed by atoms with van der Waals surface area (Å²) in [6.45, 7) is 1.86. The lowest BCUT2D eigenvalue weighted by atomic mass is 10.0. The van der Waals surface area contributed by atoms with Crippen LogP contribution in [0.3, 0.4) is 0 Å². The Balaban J connectivity index is 1.76. The van der Waals surface area contributed by atoms with Crippen LogP contribution in [0.25, 0.3) is 0 Å². The molecule has 1 heterocycles. The second kappa shape index (κ2) is 10.8. The van der Waals surface area contributed by atoms with Crippen LogP contribution in [0.2, 0.25) is 0 Å². The Labute approximate surface area is 183 Å². The summed E-state index contributed by atoms with van der Waals surface area (Å²) in [6.07, 6.45) is 2.08. The van der Waals surface area contributed by atoms with Crippen molar-refractivity contribution >= 4 is 11.8 Å². The van der Waals surface area contributed by atoms with Gasteiger partial charge in [0, 0.05) is 31.1 Å². The Morgan fingerprint density at radius 3 is 2.58 bits per heavy atom. The van der Waals surface area contributed by atoms with Crippen molar-refractivity contribution in [3.8, 4) is 11.5 Å². The van der Waals surface area contributed by atoms with Crippen molar-refractivity contribution in [3.05, 3.63) is 59.7 Å². The van der Waals surface area contributed by atoms with Crippen molar-refractivity contribution in [2.24, 2.45) is 5.73 Å². The van der Waals surface area contributed by atoms with Crippen LogP contribution in [0.15, 0.2) is 48.5 Å². The number of rotatable bonds is 10. The third kappa shape index (κ3) is 5.98. The molecule has 1 fully saturated rings. The zero-order chi connectivity index (χ0) is 22.2. The Morgan fingerprint density at radius 1 is 1.13 bits per heavy atom.